The summed E-state index contributed by atoms with van der Waals surface area (Å²) in [7, 11) is 1.30. The third-order valence-electron chi connectivity index (χ3n) is 8.43. The monoisotopic (exact) mass is 646 g/mol. The van der Waals surface area contributed by atoms with Crippen molar-refractivity contribution in [2.24, 2.45) is 0 Å². The summed E-state index contributed by atoms with van der Waals surface area (Å²) in [4.78, 5) is 36.0. The largest absolute Gasteiger partial charge is 0.453 e. The van der Waals surface area contributed by atoms with Crippen LogP contribution in [-0.4, -0.2) is 53.6 Å². The van der Waals surface area contributed by atoms with E-state index in [1.807, 2.05) is 0 Å². The first-order valence-electron chi connectivity index (χ1n) is 14.9. The van der Waals surface area contributed by atoms with E-state index < -0.39 is 29.4 Å². The number of nitrogens with zero attached hydrogens (tertiary/aromatic N) is 1. The maximum atomic E-state index is 13.5. The Hall–Kier alpha value is -4.59. The van der Waals surface area contributed by atoms with E-state index in [1.54, 1.807) is 11.0 Å². The fourth-order valence-electron chi connectivity index (χ4n) is 6.17. The van der Waals surface area contributed by atoms with Gasteiger partial charge in [0.25, 0.3) is 11.1 Å². The number of methoxy groups -OCH3 is 1. The zero-order valence-electron chi connectivity index (χ0n) is 25.0. The van der Waals surface area contributed by atoms with Gasteiger partial charge < -0.3 is 24.0 Å². The molecule has 4 heterocycles. The zero-order valence-corrected chi connectivity index (χ0v) is 25.0. The van der Waals surface area contributed by atoms with Crippen molar-refractivity contribution in [3.05, 3.63) is 115 Å². The standard InChI is InChI=1S/C17H18F2N2O4.C15H16F2N2O2/c1-24-17(23)21-5-4-11(15-9-16(22)20-25-15)8-12(21)6-10-2-3-13(18)14(19)7-10;16-12-2-1-9(6-13(12)17)5-11-7-10(3-4-18-11)14-8-15(20)19-21-14/h2-3,7,9,11-12H,4-6,8H2,1H3,(H,20,22);1-2,6,8,10-11,18H,3-5,7H2,(H,19,20)/t11-,12-;10-,11-/m11/s1. The van der Waals surface area contributed by atoms with Crippen LogP contribution in [-0.2, 0) is 17.6 Å². The van der Waals surface area contributed by atoms with Crippen molar-refractivity contribution >= 4 is 6.09 Å². The van der Waals surface area contributed by atoms with Crippen LogP contribution in [0, 0.1) is 23.3 Å². The van der Waals surface area contributed by atoms with Crippen LogP contribution in [0.5, 0.6) is 0 Å². The Balaban J connectivity index is 0.000000184. The van der Waals surface area contributed by atoms with Crippen LogP contribution < -0.4 is 16.4 Å². The van der Waals surface area contributed by atoms with Crippen molar-refractivity contribution in [1.82, 2.24) is 20.5 Å². The molecule has 2 saturated heterocycles. The minimum absolute atomic E-state index is 0.0462. The second-order valence-electron chi connectivity index (χ2n) is 11.5. The molecule has 4 atom stereocenters. The van der Waals surface area contributed by atoms with Gasteiger partial charge in [-0.3, -0.25) is 9.59 Å². The van der Waals surface area contributed by atoms with Crippen LogP contribution in [0.15, 0.2) is 67.2 Å². The number of hydrogen-bond acceptors (Lipinski definition) is 7. The van der Waals surface area contributed by atoms with E-state index in [0.29, 0.717) is 49.3 Å². The third kappa shape index (κ3) is 8.16. The number of halogens is 4. The summed E-state index contributed by atoms with van der Waals surface area (Å²) in [5, 5.41) is 7.93. The molecule has 2 aliphatic rings. The van der Waals surface area contributed by atoms with Gasteiger partial charge in [-0.05, 0) is 80.5 Å². The lowest BCUT2D eigenvalue weighted by Crippen LogP contribution is -2.46. The third-order valence-corrected chi connectivity index (χ3v) is 8.43. The number of aromatic amines is 2. The summed E-state index contributed by atoms with van der Waals surface area (Å²) < 4.78 is 67.9. The molecule has 2 aromatic heterocycles. The maximum absolute atomic E-state index is 13.5. The fourth-order valence-corrected chi connectivity index (χ4v) is 6.17. The van der Waals surface area contributed by atoms with Crippen molar-refractivity contribution < 1.29 is 36.1 Å². The van der Waals surface area contributed by atoms with Crippen LogP contribution in [0.4, 0.5) is 22.4 Å². The first-order chi connectivity index (χ1) is 22.1. The first kappa shape index (κ1) is 32.8. The first-order valence-corrected chi connectivity index (χ1v) is 14.9. The molecule has 0 radical (unpaired) electrons. The van der Waals surface area contributed by atoms with Crippen LogP contribution in [0.25, 0.3) is 0 Å². The van der Waals surface area contributed by atoms with E-state index in [-0.39, 0.29) is 35.0 Å². The Morgan fingerprint density at radius 2 is 1.37 bits per heavy atom. The molecule has 0 aliphatic carbocycles. The summed E-state index contributed by atoms with van der Waals surface area (Å²) in [6.45, 7) is 1.22. The van der Waals surface area contributed by atoms with Crippen molar-refractivity contribution in [1.29, 1.82) is 0 Å². The predicted molar refractivity (Wildman–Crippen MR) is 157 cm³/mol. The van der Waals surface area contributed by atoms with Gasteiger partial charge in [0.2, 0.25) is 0 Å². The molecule has 0 bridgehead atoms. The summed E-state index contributed by atoms with van der Waals surface area (Å²) in [6.07, 6.45) is 3.30. The lowest BCUT2D eigenvalue weighted by atomic mass is 9.86. The van der Waals surface area contributed by atoms with Gasteiger partial charge in [-0.25, -0.2) is 22.4 Å². The highest BCUT2D eigenvalue weighted by Gasteiger charge is 2.34. The lowest BCUT2D eigenvalue weighted by molar-refractivity contribution is 0.0816. The number of aromatic nitrogens is 2. The van der Waals surface area contributed by atoms with Crippen molar-refractivity contribution in [2.75, 3.05) is 20.2 Å². The average Bonchev–Trinajstić information content (AvgIpc) is 3.69. The minimum atomic E-state index is -0.925. The molecule has 1 amide bonds. The highest BCUT2D eigenvalue weighted by Crippen LogP contribution is 2.33. The number of hydrogen-bond donors (Lipinski definition) is 3. The molecule has 10 nitrogen and oxygen atoms in total. The van der Waals surface area contributed by atoms with E-state index in [2.05, 4.69) is 15.6 Å². The van der Waals surface area contributed by atoms with Gasteiger partial charge in [-0.1, -0.05) is 12.1 Å². The minimum Gasteiger partial charge on any atom is -0.453 e. The molecule has 14 heteroatoms. The molecule has 2 fully saturated rings. The van der Waals surface area contributed by atoms with Gasteiger partial charge in [0, 0.05) is 42.6 Å². The molecule has 0 unspecified atom stereocenters. The van der Waals surface area contributed by atoms with Crippen molar-refractivity contribution in [2.45, 2.75) is 62.4 Å². The van der Waals surface area contributed by atoms with Gasteiger partial charge in [0.1, 0.15) is 11.5 Å². The molecular formula is C32H34F4N4O6. The van der Waals surface area contributed by atoms with E-state index in [9.17, 15) is 31.9 Å². The number of H-pyrrole nitrogens is 2. The summed E-state index contributed by atoms with van der Waals surface area (Å²) in [6, 6.07) is 10.4. The molecule has 246 valence electrons. The Morgan fingerprint density at radius 3 is 1.89 bits per heavy atom. The molecule has 46 heavy (non-hydrogen) atoms. The van der Waals surface area contributed by atoms with Gasteiger partial charge in [-0.15, -0.1) is 0 Å². The van der Waals surface area contributed by atoms with Gasteiger partial charge in [0.05, 0.1) is 7.11 Å². The molecule has 0 saturated carbocycles. The van der Waals surface area contributed by atoms with Crippen LogP contribution >= 0.6 is 0 Å². The second kappa shape index (κ2) is 14.7. The Labute approximate surface area is 260 Å². The number of carbonyl (C=O) groups is 1. The molecule has 0 spiro atoms. The molecule has 2 aliphatic heterocycles. The zero-order chi connectivity index (χ0) is 32.8. The lowest BCUT2D eigenvalue weighted by Gasteiger charge is -2.38. The number of ether oxygens (including phenoxy) is 1. The van der Waals surface area contributed by atoms with Crippen molar-refractivity contribution in [3.63, 3.8) is 0 Å². The fraction of sp³-hybridized carbons (Fsp3) is 0.406. The van der Waals surface area contributed by atoms with Gasteiger partial charge >= 0.3 is 6.09 Å². The molecule has 2 aromatic carbocycles. The van der Waals surface area contributed by atoms with E-state index in [4.69, 9.17) is 13.8 Å². The topological polar surface area (TPSA) is 134 Å². The Kier molecular flexibility index (Phi) is 10.5. The normalized spacial score (nSPS) is 21.4. The number of amides is 1. The number of carbonyl (C=O) groups excluding carboxylic acids is 1. The van der Waals surface area contributed by atoms with E-state index >= 15 is 0 Å². The van der Waals surface area contributed by atoms with Crippen LogP contribution in [0.2, 0.25) is 0 Å². The summed E-state index contributed by atoms with van der Waals surface area (Å²) in [5.74, 6) is -2.17. The molecule has 3 N–H and O–H groups in total. The number of piperidine rings is 2. The Bertz CT molecular complexity index is 1750. The second-order valence-corrected chi connectivity index (χ2v) is 11.5. The predicted octanol–water partition coefficient (Wildman–Crippen LogP) is 5.13. The molecular weight excluding hydrogens is 612 g/mol. The van der Waals surface area contributed by atoms with Crippen molar-refractivity contribution in [3.8, 4) is 0 Å². The molecule has 4 aromatic rings. The smallest absolute Gasteiger partial charge is 0.409 e. The highest BCUT2D eigenvalue weighted by molar-refractivity contribution is 5.68. The summed E-state index contributed by atoms with van der Waals surface area (Å²) >= 11 is 0. The van der Waals surface area contributed by atoms with Gasteiger partial charge in [0.15, 0.2) is 23.3 Å². The van der Waals surface area contributed by atoms with Gasteiger partial charge in [-0.2, -0.15) is 10.3 Å². The SMILES string of the molecule is COC(=O)N1CC[C@@H](c2cc(=O)[nH]o2)C[C@H]1Cc1ccc(F)c(F)c1.O=c1cc([C@@H]2CCN[C@H](Cc3ccc(F)c(F)c3)C2)o[nH]1. The number of nitrogens with one attached hydrogen (secondary N) is 3. The van der Waals surface area contributed by atoms with Crippen LogP contribution in [0.1, 0.15) is 60.2 Å². The quantitative estimate of drug-likeness (QED) is 0.248. The number of rotatable bonds is 6. The summed E-state index contributed by atoms with van der Waals surface area (Å²) in [5.41, 5.74) is 0.778. The number of likely N-dealkylation sites (tertiary alicyclic amines) is 1. The molecule has 6 rings (SSSR count). The Morgan fingerprint density at radius 1 is 0.804 bits per heavy atom. The van der Waals surface area contributed by atoms with E-state index in [1.165, 1.54) is 31.4 Å². The van der Waals surface area contributed by atoms with E-state index in [0.717, 1.165) is 43.1 Å². The highest BCUT2D eigenvalue weighted by atomic mass is 19.2. The van der Waals surface area contributed by atoms with Crippen LogP contribution in [0.3, 0.4) is 0 Å². The average molecular weight is 647 g/mol. The maximum Gasteiger partial charge on any atom is 0.409 e. The number of benzene rings is 2.